The second-order valence-corrected chi connectivity index (χ2v) is 8.28. The number of rotatable bonds is 10. The van der Waals surface area contributed by atoms with Crippen molar-refractivity contribution in [2.75, 3.05) is 37.9 Å². The molecule has 0 saturated heterocycles. The molecule has 0 heterocycles. The number of anilines is 1. The quantitative estimate of drug-likeness (QED) is 0.203. The Bertz CT molecular complexity index is 906. The number of nitrogens with one attached hydrogen (secondary N) is 2. The summed E-state index contributed by atoms with van der Waals surface area (Å²) in [5.74, 6) is 1.93. The Morgan fingerprint density at radius 3 is 2.43 bits per heavy atom. The van der Waals surface area contributed by atoms with Crippen molar-refractivity contribution in [3.05, 3.63) is 48.5 Å². The first kappa shape index (κ1) is 26.0. The minimum atomic E-state index is -3.29. The molecule has 0 aliphatic heterocycles. The molecule has 9 heteroatoms. The SMILES string of the molecule is CCNC(=NCCCS(=O)(=O)c1ccccc1)Nc1ccc(OC)c(OCC)c1.I. The molecule has 0 amide bonds. The van der Waals surface area contributed by atoms with Crippen LogP contribution in [0.15, 0.2) is 58.4 Å². The molecule has 0 atom stereocenters. The molecule has 0 aliphatic carbocycles. The van der Waals surface area contributed by atoms with Crippen molar-refractivity contribution in [2.24, 2.45) is 4.99 Å². The van der Waals surface area contributed by atoms with Crippen molar-refractivity contribution in [3.63, 3.8) is 0 Å². The third-order valence-electron chi connectivity index (χ3n) is 4.01. The van der Waals surface area contributed by atoms with Crippen molar-refractivity contribution >= 4 is 45.5 Å². The molecule has 0 bridgehead atoms. The lowest BCUT2D eigenvalue weighted by molar-refractivity contribution is 0.311. The van der Waals surface area contributed by atoms with Crippen molar-refractivity contribution in [3.8, 4) is 11.5 Å². The molecule has 30 heavy (non-hydrogen) atoms. The lowest BCUT2D eigenvalue weighted by atomic mass is 10.2. The maximum absolute atomic E-state index is 12.3. The van der Waals surface area contributed by atoms with Crippen LogP contribution in [0.5, 0.6) is 11.5 Å². The first-order chi connectivity index (χ1) is 14.0. The molecule has 0 fully saturated rings. The van der Waals surface area contributed by atoms with Gasteiger partial charge in [0, 0.05) is 24.8 Å². The van der Waals surface area contributed by atoms with Crippen LogP contribution in [0.3, 0.4) is 0 Å². The van der Waals surface area contributed by atoms with Crippen molar-refractivity contribution in [1.29, 1.82) is 0 Å². The number of methoxy groups -OCH3 is 1. The molecule has 2 aromatic rings. The normalized spacial score (nSPS) is 11.4. The highest BCUT2D eigenvalue weighted by atomic mass is 127. The van der Waals surface area contributed by atoms with Crippen LogP contribution in [0.25, 0.3) is 0 Å². The van der Waals surface area contributed by atoms with E-state index in [-0.39, 0.29) is 29.7 Å². The van der Waals surface area contributed by atoms with Gasteiger partial charge in [-0.05, 0) is 44.5 Å². The van der Waals surface area contributed by atoms with E-state index in [0.717, 1.165) is 5.69 Å². The maximum atomic E-state index is 12.3. The summed E-state index contributed by atoms with van der Waals surface area (Å²) in [6.45, 7) is 5.48. The van der Waals surface area contributed by atoms with Gasteiger partial charge in [0.05, 0.1) is 24.4 Å². The van der Waals surface area contributed by atoms with E-state index in [1.165, 1.54) is 0 Å². The summed E-state index contributed by atoms with van der Waals surface area (Å²) in [5, 5.41) is 6.37. The number of benzene rings is 2. The van der Waals surface area contributed by atoms with E-state index in [2.05, 4.69) is 15.6 Å². The number of hydrogen-bond donors (Lipinski definition) is 2. The highest BCUT2D eigenvalue weighted by Gasteiger charge is 2.13. The third kappa shape index (κ3) is 8.02. The number of hydrogen-bond acceptors (Lipinski definition) is 5. The van der Waals surface area contributed by atoms with Gasteiger partial charge in [0.25, 0.3) is 0 Å². The van der Waals surface area contributed by atoms with Gasteiger partial charge in [0.1, 0.15) is 0 Å². The molecular weight excluding hydrogens is 517 g/mol. The van der Waals surface area contributed by atoms with Crippen LogP contribution in [-0.2, 0) is 9.84 Å². The van der Waals surface area contributed by atoms with Crippen LogP contribution in [0, 0.1) is 0 Å². The minimum absolute atomic E-state index is 0. The Labute approximate surface area is 196 Å². The Morgan fingerprint density at radius 2 is 1.80 bits per heavy atom. The highest BCUT2D eigenvalue weighted by Crippen LogP contribution is 2.30. The lowest BCUT2D eigenvalue weighted by Gasteiger charge is -2.14. The fourth-order valence-corrected chi connectivity index (χ4v) is 3.97. The lowest BCUT2D eigenvalue weighted by Crippen LogP contribution is -2.30. The zero-order valence-electron chi connectivity index (χ0n) is 17.6. The predicted molar refractivity (Wildman–Crippen MR) is 132 cm³/mol. The van der Waals surface area contributed by atoms with Gasteiger partial charge >= 0.3 is 0 Å². The van der Waals surface area contributed by atoms with Gasteiger partial charge in [0.15, 0.2) is 27.3 Å². The second-order valence-electron chi connectivity index (χ2n) is 6.17. The summed E-state index contributed by atoms with van der Waals surface area (Å²) in [4.78, 5) is 4.82. The molecule has 0 aromatic heterocycles. The molecule has 0 spiro atoms. The first-order valence-electron chi connectivity index (χ1n) is 9.64. The number of sulfone groups is 1. The van der Waals surface area contributed by atoms with Gasteiger partial charge in [-0.2, -0.15) is 0 Å². The number of nitrogens with zero attached hydrogens (tertiary/aromatic N) is 1. The van der Waals surface area contributed by atoms with E-state index in [4.69, 9.17) is 9.47 Å². The van der Waals surface area contributed by atoms with Crippen molar-refractivity contribution in [2.45, 2.75) is 25.2 Å². The molecule has 0 unspecified atom stereocenters. The van der Waals surface area contributed by atoms with Crippen LogP contribution >= 0.6 is 24.0 Å². The van der Waals surface area contributed by atoms with Crippen molar-refractivity contribution in [1.82, 2.24) is 5.32 Å². The molecular formula is C21H30IN3O4S. The number of aliphatic imine (C=N–C) groups is 1. The van der Waals surface area contributed by atoms with Crippen LogP contribution in [0.4, 0.5) is 5.69 Å². The Balaban J connectivity index is 0.00000450. The monoisotopic (exact) mass is 547 g/mol. The smallest absolute Gasteiger partial charge is 0.195 e. The summed E-state index contributed by atoms with van der Waals surface area (Å²) >= 11 is 0. The van der Waals surface area contributed by atoms with E-state index < -0.39 is 9.84 Å². The van der Waals surface area contributed by atoms with E-state index in [1.807, 2.05) is 32.0 Å². The van der Waals surface area contributed by atoms with E-state index in [0.29, 0.717) is 48.5 Å². The van der Waals surface area contributed by atoms with E-state index >= 15 is 0 Å². The topological polar surface area (TPSA) is 89.0 Å². The van der Waals surface area contributed by atoms with Crippen LogP contribution in [0.1, 0.15) is 20.3 Å². The molecule has 2 N–H and O–H groups in total. The number of ether oxygens (including phenoxy) is 2. The molecule has 2 aromatic carbocycles. The van der Waals surface area contributed by atoms with Crippen LogP contribution < -0.4 is 20.1 Å². The number of halogens is 1. The zero-order valence-corrected chi connectivity index (χ0v) is 20.7. The largest absolute Gasteiger partial charge is 0.493 e. The Kier molecular flexibility index (Phi) is 11.6. The first-order valence-corrected chi connectivity index (χ1v) is 11.3. The Hall–Kier alpha value is -2.01. The predicted octanol–water partition coefficient (Wildman–Crippen LogP) is 3.95. The summed E-state index contributed by atoms with van der Waals surface area (Å²) in [6, 6.07) is 14.0. The fourth-order valence-electron chi connectivity index (χ4n) is 2.66. The minimum Gasteiger partial charge on any atom is -0.493 e. The summed E-state index contributed by atoms with van der Waals surface area (Å²) < 4.78 is 35.6. The molecule has 7 nitrogen and oxygen atoms in total. The van der Waals surface area contributed by atoms with Gasteiger partial charge in [-0.3, -0.25) is 4.99 Å². The van der Waals surface area contributed by atoms with Gasteiger partial charge < -0.3 is 20.1 Å². The average molecular weight is 547 g/mol. The summed E-state index contributed by atoms with van der Waals surface area (Å²) in [5.41, 5.74) is 0.797. The highest BCUT2D eigenvalue weighted by molar-refractivity contribution is 14.0. The third-order valence-corrected chi connectivity index (χ3v) is 5.83. The molecule has 0 aliphatic rings. The van der Waals surface area contributed by atoms with Gasteiger partial charge in [-0.25, -0.2) is 8.42 Å². The molecule has 166 valence electrons. The molecule has 0 radical (unpaired) electrons. The fraction of sp³-hybridized carbons (Fsp3) is 0.381. The van der Waals surface area contributed by atoms with Gasteiger partial charge in [0.2, 0.25) is 0 Å². The maximum Gasteiger partial charge on any atom is 0.195 e. The summed E-state index contributed by atoms with van der Waals surface area (Å²) in [6.07, 6.45) is 0.431. The standard InChI is InChI=1S/C21H29N3O4S.HI/c1-4-22-21(24-17-12-13-19(27-3)20(16-17)28-5-2)23-14-9-15-29(25,26)18-10-7-6-8-11-18;/h6-8,10-13,16H,4-5,9,14-15H2,1-3H3,(H2,22,23,24);1H. The second kappa shape index (κ2) is 13.3. The molecule has 0 saturated carbocycles. The molecule has 2 rings (SSSR count). The van der Waals surface area contributed by atoms with Crippen LogP contribution in [-0.4, -0.2) is 46.9 Å². The van der Waals surface area contributed by atoms with Gasteiger partial charge in [-0.15, -0.1) is 24.0 Å². The number of guanidine groups is 1. The van der Waals surface area contributed by atoms with E-state index in [9.17, 15) is 8.42 Å². The summed E-state index contributed by atoms with van der Waals surface area (Å²) in [7, 11) is -1.69. The average Bonchev–Trinajstić information content (AvgIpc) is 2.72. The van der Waals surface area contributed by atoms with Crippen LogP contribution in [0.2, 0.25) is 0 Å². The zero-order chi connectivity index (χ0) is 21.1. The van der Waals surface area contributed by atoms with Crippen molar-refractivity contribution < 1.29 is 17.9 Å². The van der Waals surface area contributed by atoms with Gasteiger partial charge in [-0.1, -0.05) is 18.2 Å². The Morgan fingerprint density at radius 1 is 1.07 bits per heavy atom. The van der Waals surface area contributed by atoms with E-state index in [1.54, 1.807) is 37.4 Å².